The highest BCUT2D eigenvalue weighted by molar-refractivity contribution is 7.23. The van der Waals surface area contributed by atoms with E-state index in [0.717, 1.165) is 25.0 Å². The lowest BCUT2D eigenvalue weighted by Crippen LogP contribution is -2.51. The molecule has 2 atom stereocenters. The van der Waals surface area contributed by atoms with Gasteiger partial charge in [0.2, 0.25) is 0 Å². The van der Waals surface area contributed by atoms with Crippen LogP contribution in [0.4, 0.5) is 41.6 Å². The van der Waals surface area contributed by atoms with E-state index in [4.69, 9.17) is 15.6 Å². The van der Waals surface area contributed by atoms with Gasteiger partial charge in [-0.3, -0.25) is 0 Å². The number of piperazine rings is 1. The molecule has 0 aliphatic carbocycles. The van der Waals surface area contributed by atoms with Crippen LogP contribution in [0, 0.1) is 17.1 Å². The summed E-state index contributed by atoms with van der Waals surface area (Å²) in [4.78, 5) is 9.88. The number of benzene rings is 2. The van der Waals surface area contributed by atoms with Gasteiger partial charge < -0.3 is 25.8 Å². The van der Waals surface area contributed by atoms with Crippen LogP contribution in [-0.2, 0) is 12.4 Å². The summed E-state index contributed by atoms with van der Waals surface area (Å²) < 4.78 is 110. The molecule has 2 unspecified atom stereocenters. The third-order valence-corrected chi connectivity index (χ3v) is 8.81. The fraction of sp³-hybridized carbons (Fsp3) is 0.393. The minimum Gasteiger partial charge on any atom is -0.463 e. The van der Waals surface area contributed by atoms with Crippen LogP contribution >= 0.6 is 11.3 Å². The van der Waals surface area contributed by atoms with Crippen molar-refractivity contribution in [2.24, 2.45) is 0 Å². The number of nitrogens with two attached hydrogens (primary N) is 1. The molecule has 6 rings (SSSR count). The van der Waals surface area contributed by atoms with Gasteiger partial charge in [0.25, 0.3) is 0 Å². The number of alkyl halides is 6. The molecule has 44 heavy (non-hydrogen) atoms. The first-order valence-electron chi connectivity index (χ1n) is 13.5. The second-order valence-electron chi connectivity index (χ2n) is 10.6. The summed E-state index contributed by atoms with van der Waals surface area (Å²) in [7, 11) is 0. The van der Waals surface area contributed by atoms with E-state index in [-0.39, 0.29) is 60.3 Å². The summed E-state index contributed by atoms with van der Waals surface area (Å²) >= 11 is 0.549. The molecular weight excluding hydrogens is 617 g/mol. The Morgan fingerprint density at radius 2 is 1.82 bits per heavy atom. The molecule has 2 fully saturated rings. The fourth-order valence-corrected chi connectivity index (χ4v) is 6.97. The van der Waals surface area contributed by atoms with Gasteiger partial charge >= 0.3 is 18.4 Å². The Labute approximate surface area is 248 Å². The molecule has 232 valence electrons. The first-order chi connectivity index (χ1) is 20.8. The van der Waals surface area contributed by atoms with E-state index < -0.39 is 68.3 Å². The van der Waals surface area contributed by atoms with Crippen molar-refractivity contribution in [3.8, 4) is 23.2 Å². The molecule has 0 radical (unpaired) electrons. The number of hydrogen-bond donors (Lipinski definition) is 3. The average Bonchev–Trinajstić information content (AvgIpc) is 3.48. The molecule has 2 bridgehead atoms. The zero-order chi connectivity index (χ0) is 31.6. The van der Waals surface area contributed by atoms with Crippen LogP contribution in [-0.4, -0.2) is 53.5 Å². The number of thiophene rings is 1. The lowest BCUT2D eigenvalue weighted by Gasteiger charge is -2.34. The highest BCUT2D eigenvalue weighted by Gasteiger charge is 2.45. The summed E-state index contributed by atoms with van der Waals surface area (Å²) in [6, 6.07) is 3.20. The van der Waals surface area contributed by atoms with Gasteiger partial charge in [0.15, 0.2) is 0 Å². The van der Waals surface area contributed by atoms with Crippen LogP contribution < -0.4 is 20.7 Å². The molecule has 2 aliphatic rings. The predicted octanol–water partition coefficient (Wildman–Crippen LogP) is 5.84. The molecule has 0 saturated carbocycles. The van der Waals surface area contributed by atoms with Gasteiger partial charge in [-0.1, -0.05) is 6.07 Å². The average molecular weight is 641 g/mol. The Kier molecular flexibility index (Phi) is 7.45. The number of nitrogens with one attached hydrogen (secondary N) is 1. The maximum atomic E-state index is 15.2. The molecule has 2 aromatic heterocycles. The summed E-state index contributed by atoms with van der Waals surface area (Å²) in [6.07, 6.45) is -9.08. The standard InChI is InChI=1S/C28H23F7N6O2S/c29-18-5-4-14(19-16(9-36)24(37)44-23(18)19)20-17(27(30,31)32)8-15-22(21(20)28(33,34)35)39-26(43-7-1-6-42)40-25(15)41-10-12-2-3-13(11-41)38-12/h4-5,8,12-13,38,42H,1-3,6-7,10-11,37H2. The highest BCUT2D eigenvalue weighted by atomic mass is 32.1. The Balaban J connectivity index is 1.75. The largest absolute Gasteiger partial charge is 0.463 e. The van der Waals surface area contributed by atoms with Gasteiger partial charge in [-0.2, -0.15) is 41.6 Å². The smallest absolute Gasteiger partial charge is 0.419 e. The van der Waals surface area contributed by atoms with Crippen molar-refractivity contribution in [1.82, 2.24) is 15.3 Å². The summed E-state index contributed by atoms with van der Waals surface area (Å²) in [5.74, 6) is -1.11. The van der Waals surface area contributed by atoms with Crippen LogP contribution in [0.15, 0.2) is 18.2 Å². The maximum Gasteiger partial charge on any atom is 0.419 e. The molecule has 2 aliphatic heterocycles. The lowest BCUT2D eigenvalue weighted by atomic mass is 9.88. The van der Waals surface area contributed by atoms with E-state index in [9.17, 15) is 22.8 Å². The molecule has 2 saturated heterocycles. The number of nitrogens with zero attached hydrogens (tertiary/aromatic N) is 4. The summed E-state index contributed by atoms with van der Waals surface area (Å²) in [5.41, 5.74) is -0.826. The molecular formula is C28H23F7N6O2S. The number of hydrogen-bond acceptors (Lipinski definition) is 9. The number of fused-ring (bicyclic) bond motifs is 4. The van der Waals surface area contributed by atoms with Crippen LogP contribution in [0.1, 0.15) is 36.0 Å². The molecule has 4 N–H and O–H groups in total. The molecule has 0 amide bonds. The number of halogens is 7. The first-order valence-corrected chi connectivity index (χ1v) is 14.3. The molecule has 8 nitrogen and oxygen atoms in total. The Hall–Kier alpha value is -3.94. The zero-order valence-electron chi connectivity index (χ0n) is 22.6. The van der Waals surface area contributed by atoms with Gasteiger partial charge in [0.05, 0.1) is 33.5 Å². The number of aliphatic hydroxyl groups excluding tert-OH is 1. The first kappa shape index (κ1) is 30.1. The highest BCUT2D eigenvalue weighted by Crippen LogP contribution is 2.52. The molecule has 4 heterocycles. The maximum absolute atomic E-state index is 15.2. The van der Waals surface area contributed by atoms with E-state index in [1.807, 2.05) is 0 Å². The second-order valence-corrected chi connectivity index (χ2v) is 11.7. The number of aliphatic hydroxyl groups is 1. The van der Waals surface area contributed by atoms with Gasteiger partial charge in [0.1, 0.15) is 22.7 Å². The van der Waals surface area contributed by atoms with E-state index in [1.165, 1.54) is 0 Å². The Morgan fingerprint density at radius 3 is 2.43 bits per heavy atom. The molecule has 4 aromatic rings. The molecule has 16 heteroatoms. The van der Waals surface area contributed by atoms with E-state index in [0.29, 0.717) is 17.4 Å². The fourth-order valence-electron chi connectivity index (χ4n) is 6.02. The zero-order valence-corrected chi connectivity index (χ0v) is 23.4. The number of ether oxygens (including phenoxy) is 1. The number of nitriles is 1. The van der Waals surface area contributed by atoms with Crippen molar-refractivity contribution in [3.05, 3.63) is 40.7 Å². The second kappa shape index (κ2) is 10.9. The van der Waals surface area contributed by atoms with Crippen molar-refractivity contribution in [1.29, 1.82) is 5.26 Å². The Bertz CT molecular complexity index is 1810. The monoisotopic (exact) mass is 640 g/mol. The van der Waals surface area contributed by atoms with Gasteiger partial charge in [-0.25, -0.2) is 4.39 Å². The third-order valence-electron chi connectivity index (χ3n) is 7.79. The summed E-state index contributed by atoms with van der Waals surface area (Å²) in [5, 5.41) is 21.0. The quantitative estimate of drug-likeness (QED) is 0.178. The van der Waals surface area contributed by atoms with Crippen molar-refractivity contribution < 1.29 is 40.6 Å². The van der Waals surface area contributed by atoms with Crippen molar-refractivity contribution in [2.75, 3.05) is 36.9 Å². The van der Waals surface area contributed by atoms with E-state index in [2.05, 4.69) is 15.3 Å². The van der Waals surface area contributed by atoms with Gasteiger partial charge in [-0.15, -0.1) is 11.3 Å². The predicted molar refractivity (Wildman–Crippen MR) is 149 cm³/mol. The van der Waals surface area contributed by atoms with Gasteiger partial charge in [0, 0.05) is 54.5 Å². The van der Waals surface area contributed by atoms with E-state index in [1.54, 1.807) is 11.0 Å². The molecule has 2 aromatic carbocycles. The lowest BCUT2D eigenvalue weighted by molar-refractivity contribution is -0.141. The van der Waals surface area contributed by atoms with Crippen LogP contribution in [0.2, 0.25) is 0 Å². The van der Waals surface area contributed by atoms with Crippen LogP contribution in [0.3, 0.4) is 0 Å². The number of rotatable bonds is 6. The van der Waals surface area contributed by atoms with Gasteiger partial charge in [-0.05, 0) is 30.5 Å². The third kappa shape index (κ3) is 5.12. The van der Waals surface area contributed by atoms with Crippen molar-refractivity contribution in [2.45, 2.75) is 43.7 Å². The van der Waals surface area contributed by atoms with E-state index >= 15 is 13.2 Å². The number of nitrogen functional groups attached to an aromatic ring is 1. The van der Waals surface area contributed by atoms with Crippen molar-refractivity contribution in [3.63, 3.8) is 0 Å². The normalized spacial score (nSPS) is 18.8. The SMILES string of the molecule is N#Cc1c(N)sc2c(F)ccc(-c3c(C(F)(F)F)cc4c(N5CC6CCC(C5)N6)nc(OCCCO)nc4c3C(F)(F)F)c12. The summed E-state index contributed by atoms with van der Waals surface area (Å²) in [6.45, 7) is 0.102. The topological polar surface area (TPSA) is 120 Å². The number of aromatic nitrogens is 2. The number of anilines is 2. The van der Waals surface area contributed by atoms with Crippen LogP contribution in [0.25, 0.3) is 32.1 Å². The Morgan fingerprint density at radius 1 is 1.11 bits per heavy atom. The van der Waals surface area contributed by atoms with Crippen LogP contribution in [0.5, 0.6) is 6.01 Å². The molecule has 0 spiro atoms. The minimum atomic E-state index is -5.42. The minimum absolute atomic E-state index is 0.0399. The van der Waals surface area contributed by atoms with Crippen molar-refractivity contribution >= 4 is 43.1 Å².